The standard InChI is InChI=1S/C10H15N3O5S/c1-11-8-3-4-9(13(15)16)10(7-8)19(17,18)12(2)5-6-14/h3-4,7,11,14H,5-6H2,1-2H3. The molecule has 0 saturated heterocycles. The van der Waals surface area contributed by atoms with E-state index in [9.17, 15) is 18.5 Å². The number of aliphatic hydroxyl groups is 1. The highest BCUT2D eigenvalue weighted by Gasteiger charge is 2.29. The number of rotatable bonds is 6. The molecule has 106 valence electrons. The van der Waals surface area contributed by atoms with Crippen molar-refractivity contribution >= 4 is 21.4 Å². The van der Waals surface area contributed by atoms with Crippen molar-refractivity contribution in [3.63, 3.8) is 0 Å². The van der Waals surface area contributed by atoms with E-state index in [1.165, 1.54) is 19.2 Å². The smallest absolute Gasteiger partial charge is 0.289 e. The van der Waals surface area contributed by atoms with Gasteiger partial charge in [0, 0.05) is 32.4 Å². The fraction of sp³-hybridized carbons (Fsp3) is 0.400. The molecular formula is C10H15N3O5S. The lowest BCUT2D eigenvalue weighted by Gasteiger charge is -2.16. The van der Waals surface area contributed by atoms with E-state index < -0.39 is 25.5 Å². The highest BCUT2D eigenvalue weighted by molar-refractivity contribution is 7.89. The normalized spacial score (nSPS) is 11.6. The lowest BCUT2D eigenvalue weighted by Crippen LogP contribution is -2.30. The van der Waals surface area contributed by atoms with Gasteiger partial charge in [-0.1, -0.05) is 0 Å². The van der Waals surface area contributed by atoms with Gasteiger partial charge in [-0.05, 0) is 12.1 Å². The first-order valence-corrected chi connectivity index (χ1v) is 6.82. The minimum atomic E-state index is -4.02. The number of nitro benzene ring substituents is 1. The number of anilines is 1. The van der Waals surface area contributed by atoms with E-state index in [0.29, 0.717) is 5.69 Å². The molecule has 0 bridgehead atoms. The number of nitrogens with zero attached hydrogens (tertiary/aromatic N) is 2. The molecule has 0 aliphatic rings. The third kappa shape index (κ3) is 3.19. The monoisotopic (exact) mass is 289 g/mol. The molecule has 1 aromatic carbocycles. The number of nitro groups is 1. The first-order valence-electron chi connectivity index (χ1n) is 5.38. The lowest BCUT2D eigenvalue weighted by atomic mass is 10.3. The average molecular weight is 289 g/mol. The summed E-state index contributed by atoms with van der Waals surface area (Å²) < 4.78 is 25.3. The van der Waals surface area contributed by atoms with Crippen LogP contribution < -0.4 is 5.32 Å². The number of benzene rings is 1. The van der Waals surface area contributed by atoms with E-state index in [-0.39, 0.29) is 13.2 Å². The van der Waals surface area contributed by atoms with Crippen LogP contribution in [-0.2, 0) is 10.0 Å². The molecule has 9 heteroatoms. The summed E-state index contributed by atoms with van der Waals surface area (Å²) in [6.45, 7) is -0.501. The van der Waals surface area contributed by atoms with Crippen LogP contribution in [0.2, 0.25) is 0 Å². The van der Waals surface area contributed by atoms with Crippen molar-refractivity contribution in [2.75, 3.05) is 32.6 Å². The molecule has 1 rings (SSSR count). The maximum absolute atomic E-state index is 12.2. The summed E-state index contributed by atoms with van der Waals surface area (Å²) >= 11 is 0. The zero-order valence-corrected chi connectivity index (χ0v) is 11.3. The molecule has 0 saturated carbocycles. The Morgan fingerprint density at radius 3 is 2.58 bits per heavy atom. The molecule has 0 unspecified atom stereocenters. The van der Waals surface area contributed by atoms with Gasteiger partial charge in [0.1, 0.15) is 0 Å². The second-order valence-corrected chi connectivity index (χ2v) is 5.75. The number of hydrogen-bond donors (Lipinski definition) is 2. The van der Waals surface area contributed by atoms with Crippen LogP contribution in [0, 0.1) is 10.1 Å². The highest BCUT2D eigenvalue weighted by atomic mass is 32.2. The predicted octanol–water partition coefficient (Wildman–Crippen LogP) is 0.249. The van der Waals surface area contributed by atoms with E-state index in [1.54, 1.807) is 7.05 Å². The summed E-state index contributed by atoms with van der Waals surface area (Å²) in [7, 11) is -1.19. The molecule has 19 heavy (non-hydrogen) atoms. The summed E-state index contributed by atoms with van der Waals surface area (Å²) in [6, 6.07) is 3.75. The van der Waals surface area contributed by atoms with Gasteiger partial charge in [0.15, 0.2) is 4.90 Å². The molecule has 0 aliphatic heterocycles. The minimum absolute atomic E-state index is 0.136. The van der Waals surface area contributed by atoms with Crippen LogP contribution in [0.3, 0.4) is 0 Å². The second kappa shape index (κ2) is 5.95. The quantitative estimate of drug-likeness (QED) is 0.573. The Morgan fingerprint density at radius 1 is 1.47 bits per heavy atom. The van der Waals surface area contributed by atoms with Gasteiger partial charge < -0.3 is 10.4 Å². The Bertz CT molecular complexity index is 573. The van der Waals surface area contributed by atoms with Crippen LogP contribution in [0.5, 0.6) is 0 Å². The number of sulfonamides is 1. The highest BCUT2D eigenvalue weighted by Crippen LogP contribution is 2.28. The third-order valence-electron chi connectivity index (χ3n) is 2.55. The van der Waals surface area contributed by atoms with Gasteiger partial charge in [-0.25, -0.2) is 8.42 Å². The predicted molar refractivity (Wildman–Crippen MR) is 69.5 cm³/mol. The summed E-state index contributed by atoms with van der Waals surface area (Å²) in [6.07, 6.45) is 0. The van der Waals surface area contributed by atoms with Gasteiger partial charge in [0.25, 0.3) is 5.69 Å². The topological polar surface area (TPSA) is 113 Å². The largest absolute Gasteiger partial charge is 0.395 e. The molecule has 0 fully saturated rings. The minimum Gasteiger partial charge on any atom is -0.395 e. The van der Waals surface area contributed by atoms with E-state index in [2.05, 4.69) is 5.32 Å². The van der Waals surface area contributed by atoms with Crippen LogP contribution in [0.15, 0.2) is 23.1 Å². The maximum atomic E-state index is 12.2. The van der Waals surface area contributed by atoms with Crippen molar-refractivity contribution in [3.05, 3.63) is 28.3 Å². The van der Waals surface area contributed by atoms with Crippen LogP contribution in [0.1, 0.15) is 0 Å². The van der Waals surface area contributed by atoms with E-state index in [1.807, 2.05) is 0 Å². The fourth-order valence-corrected chi connectivity index (χ4v) is 2.80. The molecule has 0 aromatic heterocycles. The number of aliphatic hydroxyl groups excluding tert-OH is 1. The molecule has 8 nitrogen and oxygen atoms in total. The fourth-order valence-electron chi connectivity index (χ4n) is 1.46. The average Bonchev–Trinajstić information content (AvgIpc) is 2.38. The van der Waals surface area contributed by atoms with Crippen molar-refractivity contribution in [3.8, 4) is 0 Å². The molecule has 0 radical (unpaired) electrons. The molecule has 0 heterocycles. The number of nitrogens with one attached hydrogen (secondary N) is 1. The van der Waals surface area contributed by atoms with Crippen LogP contribution in [0.4, 0.5) is 11.4 Å². The summed E-state index contributed by atoms with van der Waals surface area (Å²) in [5.74, 6) is 0. The number of likely N-dealkylation sites (N-methyl/N-ethyl adjacent to an activating group) is 1. The van der Waals surface area contributed by atoms with Gasteiger partial charge in [0.2, 0.25) is 10.0 Å². The summed E-state index contributed by atoms with van der Waals surface area (Å²) in [5, 5.41) is 22.4. The van der Waals surface area contributed by atoms with E-state index in [4.69, 9.17) is 5.11 Å². The van der Waals surface area contributed by atoms with Crippen molar-refractivity contribution < 1.29 is 18.4 Å². The molecular weight excluding hydrogens is 274 g/mol. The van der Waals surface area contributed by atoms with Gasteiger partial charge in [-0.2, -0.15) is 4.31 Å². The lowest BCUT2D eigenvalue weighted by molar-refractivity contribution is -0.387. The Hall–Kier alpha value is -1.71. The Morgan fingerprint density at radius 2 is 2.11 bits per heavy atom. The van der Waals surface area contributed by atoms with Crippen molar-refractivity contribution in [1.29, 1.82) is 0 Å². The molecule has 0 aliphatic carbocycles. The van der Waals surface area contributed by atoms with E-state index >= 15 is 0 Å². The van der Waals surface area contributed by atoms with E-state index in [0.717, 1.165) is 10.4 Å². The molecule has 2 N–H and O–H groups in total. The van der Waals surface area contributed by atoms with Gasteiger partial charge in [-0.3, -0.25) is 10.1 Å². The van der Waals surface area contributed by atoms with Gasteiger partial charge in [-0.15, -0.1) is 0 Å². The second-order valence-electron chi connectivity index (χ2n) is 3.74. The zero-order valence-electron chi connectivity index (χ0n) is 10.5. The van der Waals surface area contributed by atoms with Crippen LogP contribution >= 0.6 is 0 Å². The van der Waals surface area contributed by atoms with Crippen molar-refractivity contribution in [2.24, 2.45) is 0 Å². The Balaban J connectivity index is 3.42. The molecule has 0 atom stereocenters. The van der Waals surface area contributed by atoms with Crippen molar-refractivity contribution in [2.45, 2.75) is 4.90 Å². The zero-order chi connectivity index (χ0) is 14.6. The SMILES string of the molecule is CNc1ccc([N+](=O)[O-])c(S(=O)(=O)N(C)CCO)c1. The summed E-state index contributed by atoms with van der Waals surface area (Å²) in [4.78, 5) is 9.75. The molecule has 0 amide bonds. The molecule has 1 aromatic rings. The molecule has 0 spiro atoms. The van der Waals surface area contributed by atoms with Crippen molar-refractivity contribution in [1.82, 2.24) is 4.31 Å². The maximum Gasteiger partial charge on any atom is 0.289 e. The number of hydrogen-bond acceptors (Lipinski definition) is 6. The summed E-state index contributed by atoms with van der Waals surface area (Å²) in [5.41, 5.74) is -0.0506. The first-order chi connectivity index (χ1) is 8.84. The Labute approximate surface area is 110 Å². The first kappa shape index (κ1) is 15.3. The third-order valence-corrected chi connectivity index (χ3v) is 4.43. The van der Waals surface area contributed by atoms with Crippen LogP contribution in [-0.4, -0.2) is 50.0 Å². The van der Waals surface area contributed by atoms with Gasteiger partial charge in [0.05, 0.1) is 11.5 Å². The Kier molecular flexibility index (Phi) is 4.81. The van der Waals surface area contributed by atoms with Crippen LogP contribution in [0.25, 0.3) is 0 Å². The van der Waals surface area contributed by atoms with Gasteiger partial charge >= 0.3 is 0 Å².